The monoisotopic (exact) mass is 348 g/mol. The van der Waals surface area contributed by atoms with E-state index in [1.54, 1.807) is 12.1 Å². The molecule has 6 nitrogen and oxygen atoms in total. The lowest BCUT2D eigenvalue weighted by atomic mass is 10.1. The molecule has 0 spiro atoms. The van der Waals surface area contributed by atoms with Crippen LogP contribution in [-0.4, -0.2) is 25.8 Å². The Bertz CT molecular complexity index is 914. The number of aromatic carboxylic acids is 1. The molecule has 0 fully saturated rings. The minimum Gasteiger partial charge on any atom is -0.478 e. The van der Waals surface area contributed by atoms with Gasteiger partial charge >= 0.3 is 5.97 Å². The summed E-state index contributed by atoms with van der Waals surface area (Å²) in [6.07, 6.45) is 3.38. The van der Waals surface area contributed by atoms with Crippen LogP contribution >= 0.6 is 0 Å². The van der Waals surface area contributed by atoms with Gasteiger partial charge in [0.05, 0.1) is 5.56 Å². The predicted molar refractivity (Wildman–Crippen MR) is 99.1 cm³/mol. The number of carboxylic acid groups (broad SMARTS) is 1. The summed E-state index contributed by atoms with van der Waals surface area (Å²) in [6.45, 7) is 1.63. The van der Waals surface area contributed by atoms with Crippen molar-refractivity contribution >= 4 is 11.7 Å². The minimum absolute atomic E-state index is 0.301. The SMILES string of the molecule is O=C(O)c1ccc(CNc2ccc(-c3nnc4n3CCCC4)cc2)cc1. The van der Waals surface area contributed by atoms with Crippen LogP contribution in [0.4, 0.5) is 5.69 Å². The number of hydrogen-bond donors (Lipinski definition) is 2. The summed E-state index contributed by atoms with van der Waals surface area (Å²) in [7, 11) is 0. The molecule has 132 valence electrons. The number of aromatic nitrogens is 3. The van der Waals surface area contributed by atoms with Gasteiger partial charge in [-0.15, -0.1) is 10.2 Å². The molecule has 1 aromatic heterocycles. The van der Waals surface area contributed by atoms with Crippen LogP contribution in [0, 0.1) is 0 Å². The number of carbonyl (C=O) groups is 1. The zero-order valence-corrected chi connectivity index (χ0v) is 14.4. The Morgan fingerprint density at radius 1 is 1.04 bits per heavy atom. The number of benzene rings is 2. The Morgan fingerprint density at radius 2 is 1.81 bits per heavy atom. The molecule has 6 heteroatoms. The molecule has 2 heterocycles. The van der Waals surface area contributed by atoms with E-state index >= 15 is 0 Å². The standard InChI is InChI=1S/C20H20N4O2/c25-20(26)16-6-4-14(5-7-16)13-21-17-10-8-15(9-11-17)19-23-22-18-3-1-2-12-24(18)19/h4-11,21H,1-3,12-13H2,(H,25,26). The number of anilines is 1. The van der Waals surface area contributed by atoms with E-state index in [1.807, 2.05) is 24.3 Å². The van der Waals surface area contributed by atoms with Crippen molar-refractivity contribution in [3.8, 4) is 11.4 Å². The van der Waals surface area contributed by atoms with Crippen LogP contribution in [0.2, 0.25) is 0 Å². The highest BCUT2D eigenvalue weighted by Gasteiger charge is 2.16. The van der Waals surface area contributed by atoms with Crippen LogP contribution in [0.15, 0.2) is 48.5 Å². The maximum atomic E-state index is 10.9. The zero-order valence-electron chi connectivity index (χ0n) is 14.4. The molecule has 0 saturated carbocycles. The molecule has 2 N–H and O–H groups in total. The topological polar surface area (TPSA) is 80.0 Å². The molecule has 0 saturated heterocycles. The van der Waals surface area contributed by atoms with Crippen molar-refractivity contribution in [2.45, 2.75) is 32.4 Å². The molecular formula is C20H20N4O2. The van der Waals surface area contributed by atoms with E-state index in [9.17, 15) is 4.79 Å². The van der Waals surface area contributed by atoms with E-state index in [2.05, 4.69) is 32.2 Å². The van der Waals surface area contributed by atoms with Crippen molar-refractivity contribution in [3.05, 3.63) is 65.5 Å². The van der Waals surface area contributed by atoms with Crippen LogP contribution in [0.25, 0.3) is 11.4 Å². The molecule has 1 aliphatic rings. The maximum Gasteiger partial charge on any atom is 0.335 e. The van der Waals surface area contributed by atoms with E-state index in [0.29, 0.717) is 12.1 Å². The Labute approximate surface area is 151 Å². The maximum absolute atomic E-state index is 10.9. The van der Waals surface area contributed by atoms with Crippen LogP contribution in [-0.2, 0) is 19.5 Å². The highest BCUT2D eigenvalue weighted by Crippen LogP contribution is 2.24. The molecule has 0 amide bonds. The number of nitrogens with zero attached hydrogens (tertiary/aromatic N) is 3. The Morgan fingerprint density at radius 3 is 2.54 bits per heavy atom. The molecule has 4 rings (SSSR count). The molecule has 3 aromatic rings. The molecule has 0 atom stereocenters. The van der Waals surface area contributed by atoms with E-state index in [0.717, 1.165) is 41.4 Å². The highest BCUT2D eigenvalue weighted by molar-refractivity contribution is 5.87. The van der Waals surface area contributed by atoms with Crippen LogP contribution < -0.4 is 5.32 Å². The number of aryl methyl sites for hydroxylation is 1. The molecular weight excluding hydrogens is 328 g/mol. The van der Waals surface area contributed by atoms with Gasteiger partial charge in [-0.25, -0.2) is 4.79 Å². The van der Waals surface area contributed by atoms with Gasteiger partial charge in [0.15, 0.2) is 5.82 Å². The van der Waals surface area contributed by atoms with E-state index in [-0.39, 0.29) is 0 Å². The van der Waals surface area contributed by atoms with Crippen LogP contribution in [0.1, 0.15) is 34.6 Å². The van der Waals surface area contributed by atoms with Crippen molar-refractivity contribution in [1.82, 2.24) is 14.8 Å². The average Bonchev–Trinajstić information content (AvgIpc) is 3.11. The number of nitrogens with one attached hydrogen (secondary N) is 1. The van der Waals surface area contributed by atoms with Gasteiger partial charge in [0.25, 0.3) is 0 Å². The Hall–Kier alpha value is -3.15. The summed E-state index contributed by atoms with van der Waals surface area (Å²) < 4.78 is 2.22. The van der Waals surface area contributed by atoms with Crippen molar-refractivity contribution in [1.29, 1.82) is 0 Å². The largest absolute Gasteiger partial charge is 0.478 e. The van der Waals surface area contributed by atoms with Crippen molar-refractivity contribution < 1.29 is 9.90 Å². The highest BCUT2D eigenvalue weighted by atomic mass is 16.4. The zero-order chi connectivity index (χ0) is 17.9. The summed E-state index contributed by atoms with van der Waals surface area (Å²) in [5.74, 6) is 1.12. The lowest BCUT2D eigenvalue weighted by Gasteiger charge is -2.15. The quantitative estimate of drug-likeness (QED) is 0.736. The smallest absolute Gasteiger partial charge is 0.335 e. The second-order valence-electron chi connectivity index (χ2n) is 6.48. The third-order valence-electron chi connectivity index (χ3n) is 4.70. The summed E-state index contributed by atoms with van der Waals surface area (Å²) in [4.78, 5) is 10.9. The second-order valence-corrected chi connectivity index (χ2v) is 6.48. The van der Waals surface area contributed by atoms with E-state index in [4.69, 9.17) is 5.11 Å². The first-order chi connectivity index (χ1) is 12.7. The fraction of sp³-hybridized carbons (Fsp3) is 0.250. The molecule has 1 aliphatic heterocycles. The fourth-order valence-corrected chi connectivity index (χ4v) is 3.23. The third-order valence-corrected chi connectivity index (χ3v) is 4.70. The normalized spacial score (nSPS) is 13.2. The van der Waals surface area contributed by atoms with E-state index < -0.39 is 5.97 Å². The lowest BCUT2D eigenvalue weighted by molar-refractivity contribution is 0.0697. The molecule has 26 heavy (non-hydrogen) atoms. The molecule has 0 aliphatic carbocycles. The van der Waals surface area contributed by atoms with Gasteiger partial charge < -0.3 is 15.0 Å². The molecule has 2 aromatic carbocycles. The van der Waals surface area contributed by atoms with E-state index in [1.165, 1.54) is 12.8 Å². The van der Waals surface area contributed by atoms with Crippen molar-refractivity contribution in [3.63, 3.8) is 0 Å². The summed E-state index contributed by atoms with van der Waals surface area (Å²) in [5.41, 5.74) is 3.41. The average molecular weight is 348 g/mol. The number of carboxylic acids is 1. The van der Waals surface area contributed by atoms with Gasteiger partial charge in [-0.05, 0) is 54.8 Å². The number of rotatable bonds is 5. The van der Waals surface area contributed by atoms with Crippen LogP contribution in [0.3, 0.4) is 0 Å². The molecule has 0 bridgehead atoms. The fourth-order valence-electron chi connectivity index (χ4n) is 3.23. The Kier molecular flexibility index (Phi) is 4.39. The second kappa shape index (κ2) is 7.00. The summed E-state index contributed by atoms with van der Waals surface area (Å²) >= 11 is 0. The molecule has 0 radical (unpaired) electrons. The Balaban J connectivity index is 1.43. The first-order valence-corrected chi connectivity index (χ1v) is 8.79. The van der Waals surface area contributed by atoms with Gasteiger partial charge in [-0.2, -0.15) is 0 Å². The minimum atomic E-state index is -0.907. The van der Waals surface area contributed by atoms with Crippen LogP contribution in [0.5, 0.6) is 0 Å². The van der Waals surface area contributed by atoms with Gasteiger partial charge in [0, 0.05) is 30.8 Å². The number of hydrogen-bond acceptors (Lipinski definition) is 4. The van der Waals surface area contributed by atoms with Gasteiger partial charge in [-0.3, -0.25) is 0 Å². The van der Waals surface area contributed by atoms with Gasteiger partial charge in [0.1, 0.15) is 5.82 Å². The number of fused-ring (bicyclic) bond motifs is 1. The predicted octanol–water partition coefficient (Wildman–Crippen LogP) is 3.59. The third kappa shape index (κ3) is 3.31. The van der Waals surface area contributed by atoms with Crippen molar-refractivity contribution in [2.75, 3.05) is 5.32 Å². The summed E-state index contributed by atoms with van der Waals surface area (Å²) in [5, 5.41) is 21.0. The van der Waals surface area contributed by atoms with Crippen molar-refractivity contribution in [2.24, 2.45) is 0 Å². The summed E-state index contributed by atoms with van der Waals surface area (Å²) in [6, 6.07) is 15.1. The first kappa shape index (κ1) is 16.3. The van der Waals surface area contributed by atoms with Gasteiger partial charge in [0.2, 0.25) is 0 Å². The molecule has 0 unspecified atom stereocenters. The first-order valence-electron chi connectivity index (χ1n) is 8.79. The lowest BCUT2D eigenvalue weighted by Crippen LogP contribution is -2.11. The van der Waals surface area contributed by atoms with Gasteiger partial charge in [-0.1, -0.05) is 12.1 Å².